The second-order valence-corrected chi connectivity index (χ2v) is 7.67. The molecule has 0 radical (unpaired) electrons. The minimum atomic E-state index is -0.908. The Kier molecular flexibility index (Phi) is 6.67. The van der Waals surface area contributed by atoms with Gasteiger partial charge < -0.3 is 16.3 Å². The Hall–Kier alpha value is -2.75. The number of imide groups is 1. The van der Waals surface area contributed by atoms with Crippen molar-refractivity contribution < 1.29 is 14.3 Å². The standard InChI is InChI=1S/C17H24N6O3S/c1-9(2)12-6-5-10(3)7-13(12)26-8-14-21-22-17(23(14)19)27-11(4)15(24)20-16(18)25/h5-7,9,11H,8,19H2,1-4H3,(H3,18,20,24,25)/t11-/m0/s1. The maximum atomic E-state index is 11.8. The number of aryl methyl sites for hydroxylation is 1. The number of rotatable bonds is 7. The van der Waals surface area contributed by atoms with Crippen LogP contribution in [0.25, 0.3) is 0 Å². The largest absolute Gasteiger partial charge is 0.485 e. The van der Waals surface area contributed by atoms with E-state index in [0.29, 0.717) is 16.9 Å². The van der Waals surface area contributed by atoms with Gasteiger partial charge in [-0.05, 0) is 37.0 Å². The van der Waals surface area contributed by atoms with Crippen molar-refractivity contribution in [2.45, 2.75) is 50.6 Å². The van der Waals surface area contributed by atoms with Gasteiger partial charge in [-0.3, -0.25) is 10.1 Å². The number of primary amides is 1. The molecular formula is C17H24N6O3S. The van der Waals surface area contributed by atoms with Crippen LogP contribution < -0.4 is 21.6 Å². The second kappa shape index (κ2) is 8.76. The average molecular weight is 392 g/mol. The van der Waals surface area contributed by atoms with E-state index in [2.05, 4.69) is 24.0 Å². The molecule has 1 aromatic heterocycles. The van der Waals surface area contributed by atoms with Gasteiger partial charge in [-0.2, -0.15) is 0 Å². The third kappa shape index (κ3) is 5.36. The number of nitrogen functional groups attached to an aromatic ring is 1. The Labute approximate surface area is 161 Å². The van der Waals surface area contributed by atoms with E-state index in [1.807, 2.05) is 30.4 Å². The van der Waals surface area contributed by atoms with Gasteiger partial charge in [0.15, 0.2) is 5.82 Å². The lowest BCUT2D eigenvalue weighted by atomic mass is 10.0. The summed E-state index contributed by atoms with van der Waals surface area (Å²) in [5, 5.41) is 9.72. The first-order valence-electron chi connectivity index (χ1n) is 8.38. The molecule has 0 fully saturated rings. The fraction of sp³-hybridized carbons (Fsp3) is 0.412. The summed E-state index contributed by atoms with van der Waals surface area (Å²) >= 11 is 1.06. The second-order valence-electron chi connectivity index (χ2n) is 6.37. The van der Waals surface area contributed by atoms with Crippen LogP contribution in [0.4, 0.5) is 4.79 Å². The molecule has 5 N–H and O–H groups in total. The highest BCUT2D eigenvalue weighted by molar-refractivity contribution is 8.00. The van der Waals surface area contributed by atoms with Gasteiger partial charge >= 0.3 is 6.03 Å². The minimum Gasteiger partial charge on any atom is -0.485 e. The Bertz CT molecular complexity index is 836. The lowest BCUT2D eigenvalue weighted by Gasteiger charge is -2.14. The van der Waals surface area contributed by atoms with E-state index in [1.165, 1.54) is 4.68 Å². The van der Waals surface area contributed by atoms with Crippen LogP contribution >= 0.6 is 11.8 Å². The summed E-state index contributed by atoms with van der Waals surface area (Å²) in [5.41, 5.74) is 7.13. The van der Waals surface area contributed by atoms with Crippen LogP contribution in [0.3, 0.4) is 0 Å². The summed E-state index contributed by atoms with van der Waals surface area (Å²) in [7, 11) is 0. The van der Waals surface area contributed by atoms with Crippen molar-refractivity contribution >= 4 is 23.7 Å². The molecule has 0 aliphatic rings. The number of hydrogen-bond acceptors (Lipinski definition) is 7. The smallest absolute Gasteiger partial charge is 0.318 e. The third-order valence-corrected chi connectivity index (χ3v) is 4.84. The molecule has 0 spiro atoms. The molecule has 1 atom stereocenters. The Morgan fingerprint density at radius 3 is 2.63 bits per heavy atom. The SMILES string of the molecule is Cc1ccc(C(C)C)c(OCc2nnc(S[C@@H](C)C(=O)NC(N)=O)n2N)c1. The molecule has 1 aromatic carbocycles. The Balaban J connectivity index is 2.07. The minimum absolute atomic E-state index is 0.134. The topological polar surface area (TPSA) is 138 Å². The predicted octanol–water partition coefficient (Wildman–Crippen LogP) is 1.68. The number of urea groups is 1. The number of carbonyl (C=O) groups excluding carboxylic acids is 2. The van der Waals surface area contributed by atoms with Crippen molar-refractivity contribution in [3.63, 3.8) is 0 Å². The molecule has 0 aliphatic carbocycles. The molecule has 2 aromatic rings. The number of thioether (sulfide) groups is 1. The molecule has 0 saturated heterocycles. The van der Waals surface area contributed by atoms with Crippen molar-refractivity contribution in [3.8, 4) is 5.75 Å². The summed E-state index contributed by atoms with van der Waals surface area (Å²) < 4.78 is 7.18. The number of benzene rings is 1. The van der Waals surface area contributed by atoms with E-state index in [1.54, 1.807) is 6.92 Å². The van der Waals surface area contributed by atoms with E-state index in [4.69, 9.17) is 16.3 Å². The number of ether oxygens (including phenoxy) is 1. The van der Waals surface area contributed by atoms with Crippen molar-refractivity contribution in [1.29, 1.82) is 0 Å². The van der Waals surface area contributed by atoms with Gasteiger partial charge in [-0.15, -0.1) is 10.2 Å². The zero-order valence-electron chi connectivity index (χ0n) is 15.7. The van der Waals surface area contributed by atoms with Crippen LogP contribution in [0.5, 0.6) is 5.75 Å². The molecule has 0 bridgehead atoms. The molecule has 3 amide bonds. The molecule has 0 saturated carbocycles. The van der Waals surface area contributed by atoms with Crippen molar-refractivity contribution in [3.05, 3.63) is 35.2 Å². The van der Waals surface area contributed by atoms with Crippen molar-refractivity contribution in [2.24, 2.45) is 5.73 Å². The Morgan fingerprint density at radius 2 is 2.00 bits per heavy atom. The molecule has 9 nitrogen and oxygen atoms in total. The summed E-state index contributed by atoms with van der Waals surface area (Å²) in [6, 6.07) is 5.15. The number of nitrogens with one attached hydrogen (secondary N) is 1. The quantitative estimate of drug-likeness (QED) is 0.481. The fourth-order valence-corrected chi connectivity index (χ4v) is 3.10. The number of aromatic nitrogens is 3. The van der Waals surface area contributed by atoms with Gasteiger partial charge in [-0.1, -0.05) is 37.7 Å². The van der Waals surface area contributed by atoms with Crippen molar-refractivity contribution in [1.82, 2.24) is 20.2 Å². The van der Waals surface area contributed by atoms with E-state index in [-0.39, 0.29) is 6.61 Å². The average Bonchev–Trinajstić information content (AvgIpc) is 2.92. The van der Waals surface area contributed by atoms with Gasteiger partial charge in [0.05, 0.1) is 5.25 Å². The number of hydrogen-bond donors (Lipinski definition) is 3. The molecule has 1 heterocycles. The van der Waals surface area contributed by atoms with Gasteiger partial charge in [0.1, 0.15) is 12.4 Å². The monoisotopic (exact) mass is 392 g/mol. The fourth-order valence-electron chi connectivity index (χ4n) is 2.31. The maximum absolute atomic E-state index is 11.8. The van der Waals surface area contributed by atoms with Crippen LogP contribution in [-0.2, 0) is 11.4 Å². The molecule has 27 heavy (non-hydrogen) atoms. The molecule has 10 heteroatoms. The highest BCUT2D eigenvalue weighted by Crippen LogP contribution is 2.28. The number of nitrogens with two attached hydrogens (primary N) is 2. The van der Waals surface area contributed by atoms with E-state index < -0.39 is 17.2 Å². The summed E-state index contributed by atoms with van der Waals surface area (Å²) in [6.45, 7) is 7.92. The first-order chi connectivity index (χ1) is 12.7. The summed E-state index contributed by atoms with van der Waals surface area (Å²) in [4.78, 5) is 22.5. The zero-order valence-corrected chi connectivity index (χ0v) is 16.5. The number of nitrogens with zero attached hydrogens (tertiary/aromatic N) is 3. The van der Waals surface area contributed by atoms with Gasteiger partial charge in [0.25, 0.3) is 0 Å². The van der Waals surface area contributed by atoms with Crippen molar-refractivity contribution in [2.75, 3.05) is 5.84 Å². The lowest BCUT2D eigenvalue weighted by molar-refractivity contribution is -0.119. The molecular weight excluding hydrogens is 368 g/mol. The number of amides is 3. The zero-order chi connectivity index (χ0) is 20.1. The highest BCUT2D eigenvalue weighted by atomic mass is 32.2. The van der Waals surface area contributed by atoms with Crippen LogP contribution in [0, 0.1) is 6.92 Å². The summed E-state index contributed by atoms with van der Waals surface area (Å²) in [6.07, 6.45) is 0. The van der Waals surface area contributed by atoms with E-state index in [9.17, 15) is 9.59 Å². The molecule has 0 unspecified atom stereocenters. The normalized spacial score (nSPS) is 12.0. The van der Waals surface area contributed by atoms with Gasteiger partial charge in [0.2, 0.25) is 11.1 Å². The van der Waals surface area contributed by atoms with Crippen LogP contribution in [0.2, 0.25) is 0 Å². The van der Waals surface area contributed by atoms with Crippen LogP contribution in [-0.4, -0.2) is 32.1 Å². The lowest BCUT2D eigenvalue weighted by Crippen LogP contribution is -2.39. The Morgan fingerprint density at radius 1 is 1.30 bits per heavy atom. The maximum Gasteiger partial charge on any atom is 0.318 e. The molecule has 146 valence electrons. The van der Waals surface area contributed by atoms with Gasteiger partial charge in [-0.25, -0.2) is 9.47 Å². The predicted molar refractivity (Wildman–Crippen MR) is 103 cm³/mol. The van der Waals surface area contributed by atoms with Gasteiger partial charge in [0, 0.05) is 0 Å². The molecule has 2 rings (SSSR count). The van der Waals surface area contributed by atoms with Crippen LogP contribution in [0.1, 0.15) is 43.6 Å². The first-order valence-corrected chi connectivity index (χ1v) is 9.26. The van der Waals surface area contributed by atoms with E-state index in [0.717, 1.165) is 28.6 Å². The highest BCUT2D eigenvalue weighted by Gasteiger charge is 2.20. The number of carbonyl (C=O) groups is 2. The van der Waals surface area contributed by atoms with E-state index >= 15 is 0 Å². The molecule has 0 aliphatic heterocycles. The third-order valence-electron chi connectivity index (χ3n) is 3.78. The first kappa shape index (κ1) is 20.6. The van der Waals surface area contributed by atoms with Crippen LogP contribution in [0.15, 0.2) is 23.4 Å². The summed E-state index contributed by atoms with van der Waals surface area (Å²) in [5.74, 6) is 6.98.